The molecule has 0 aliphatic carbocycles. The van der Waals surface area contributed by atoms with Crippen LogP contribution in [0.15, 0.2) is 0 Å². The Hall–Kier alpha value is 0.310. The molecule has 0 spiro atoms. The number of rotatable bonds is 7. The predicted molar refractivity (Wildman–Crippen MR) is 75.8 cm³/mol. The van der Waals surface area contributed by atoms with Crippen LogP contribution in [0, 0.1) is 11.8 Å². The van der Waals surface area contributed by atoms with Gasteiger partial charge in [0.15, 0.2) is 0 Å². The number of hydrogen-bond donors (Lipinski definition) is 1. The van der Waals surface area contributed by atoms with Crippen LogP contribution in [-0.4, -0.2) is 27.8 Å². The molecule has 0 saturated carbocycles. The summed E-state index contributed by atoms with van der Waals surface area (Å²) in [5.41, 5.74) is 0. The molecule has 0 aromatic rings. The molecule has 0 heterocycles. The van der Waals surface area contributed by atoms with Gasteiger partial charge < -0.3 is 9.42 Å². The monoisotopic (exact) mass is 263 g/mol. The maximum Gasteiger partial charge on any atom is 0.256 e. The lowest BCUT2D eigenvalue weighted by Crippen LogP contribution is -2.35. The lowest BCUT2D eigenvalue weighted by Gasteiger charge is -2.36. The fourth-order valence-electron chi connectivity index (χ4n) is 2.17. The molecule has 1 unspecified atom stereocenters. The molecule has 0 aromatic carbocycles. The first kappa shape index (κ1) is 17.3. The van der Waals surface area contributed by atoms with Gasteiger partial charge in [-0.05, 0) is 39.5 Å². The van der Waals surface area contributed by atoms with Crippen molar-refractivity contribution in [3.05, 3.63) is 0 Å². The van der Waals surface area contributed by atoms with E-state index in [0.29, 0.717) is 23.9 Å². The summed E-state index contributed by atoms with van der Waals surface area (Å²) in [4.78, 5) is 10.3. The van der Waals surface area contributed by atoms with Crippen LogP contribution in [0.5, 0.6) is 0 Å². The van der Waals surface area contributed by atoms with E-state index in [4.69, 9.17) is 4.52 Å². The third-order valence-electron chi connectivity index (χ3n) is 2.79. The van der Waals surface area contributed by atoms with Crippen LogP contribution in [-0.2, 0) is 4.52 Å². The molecule has 0 amide bonds. The minimum absolute atomic E-state index is 0.117. The molecule has 0 aliphatic rings. The summed E-state index contributed by atoms with van der Waals surface area (Å²) >= 11 is 0. The Bertz CT molecular complexity index is 192. The van der Waals surface area contributed by atoms with E-state index in [-0.39, 0.29) is 6.10 Å². The minimum Gasteiger partial charge on any atom is -0.338 e. The van der Waals surface area contributed by atoms with Crippen molar-refractivity contribution in [1.82, 2.24) is 4.67 Å². The fourth-order valence-corrected chi connectivity index (χ4v) is 3.77. The highest BCUT2D eigenvalue weighted by molar-refractivity contribution is 7.43. The molecule has 1 atom stereocenters. The molecule has 4 heteroatoms. The largest absolute Gasteiger partial charge is 0.338 e. The average molecular weight is 263 g/mol. The standard InChI is InChI=1S/C13H30NO2P/c1-9(2)13(10(3)4)16-17(15)14(11(5)6)12(7)8/h9-13,15H,1-8H3. The van der Waals surface area contributed by atoms with Crippen molar-refractivity contribution in [3.8, 4) is 0 Å². The average Bonchev–Trinajstić information content (AvgIpc) is 2.11. The molecule has 0 radical (unpaired) electrons. The SMILES string of the molecule is CC(C)C(OP(O)N(C(C)C)C(C)C)C(C)C. The van der Waals surface area contributed by atoms with E-state index >= 15 is 0 Å². The summed E-state index contributed by atoms with van der Waals surface area (Å²) in [5, 5.41) is 0. The highest BCUT2D eigenvalue weighted by Crippen LogP contribution is 2.43. The Morgan fingerprint density at radius 2 is 1.18 bits per heavy atom. The van der Waals surface area contributed by atoms with E-state index in [1.165, 1.54) is 0 Å². The zero-order valence-electron chi connectivity index (χ0n) is 12.6. The van der Waals surface area contributed by atoms with Crippen LogP contribution in [0.3, 0.4) is 0 Å². The molecule has 0 fully saturated rings. The second kappa shape index (κ2) is 7.68. The third-order valence-corrected chi connectivity index (χ3v) is 4.54. The molecular weight excluding hydrogens is 233 g/mol. The van der Waals surface area contributed by atoms with Crippen LogP contribution >= 0.6 is 8.53 Å². The third kappa shape index (κ3) is 5.65. The second-order valence-electron chi connectivity index (χ2n) is 5.88. The summed E-state index contributed by atoms with van der Waals surface area (Å²) < 4.78 is 7.95. The molecule has 0 saturated heterocycles. The van der Waals surface area contributed by atoms with Crippen LogP contribution in [0.4, 0.5) is 0 Å². The van der Waals surface area contributed by atoms with Gasteiger partial charge in [0.25, 0.3) is 8.53 Å². The van der Waals surface area contributed by atoms with Gasteiger partial charge in [-0.25, -0.2) is 4.67 Å². The molecule has 0 aromatic heterocycles. The van der Waals surface area contributed by atoms with Crippen LogP contribution < -0.4 is 0 Å². The van der Waals surface area contributed by atoms with Gasteiger partial charge in [0.2, 0.25) is 0 Å². The predicted octanol–water partition coefficient (Wildman–Crippen LogP) is 4.02. The van der Waals surface area contributed by atoms with Crippen molar-refractivity contribution in [3.63, 3.8) is 0 Å². The molecule has 1 N–H and O–H groups in total. The van der Waals surface area contributed by atoms with Gasteiger partial charge in [-0.3, -0.25) is 0 Å². The topological polar surface area (TPSA) is 32.7 Å². The smallest absolute Gasteiger partial charge is 0.256 e. The van der Waals surface area contributed by atoms with Gasteiger partial charge in [0, 0.05) is 12.1 Å². The van der Waals surface area contributed by atoms with E-state index in [0.717, 1.165) is 0 Å². The molecule has 104 valence electrons. The Morgan fingerprint density at radius 3 is 1.41 bits per heavy atom. The van der Waals surface area contributed by atoms with E-state index in [9.17, 15) is 4.89 Å². The van der Waals surface area contributed by atoms with E-state index in [1.54, 1.807) is 0 Å². The quantitative estimate of drug-likeness (QED) is 0.704. The second-order valence-corrected chi connectivity index (χ2v) is 7.06. The van der Waals surface area contributed by atoms with E-state index in [2.05, 4.69) is 55.4 Å². The highest BCUT2D eigenvalue weighted by Gasteiger charge is 2.29. The maximum atomic E-state index is 10.3. The molecule has 17 heavy (non-hydrogen) atoms. The molecular formula is C13H30NO2P. The number of hydrogen-bond acceptors (Lipinski definition) is 3. The first-order chi connectivity index (χ1) is 7.68. The van der Waals surface area contributed by atoms with Crippen molar-refractivity contribution in [2.75, 3.05) is 0 Å². The van der Waals surface area contributed by atoms with Gasteiger partial charge in [0.05, 0.1) is 6.10 Å². The number of nitrogens with zero attached hydrogens (tertiary/aromatic N) is 1. The zero-order valence-corrected chi connectivity index (χ0v) is 13.5. The molecule has 0 rings (SSSR count). The lowest BCUT2D eigenvalue weighted by atomic mass is 9.97. The Balaban J connectivity index is 4.62. The molecule has 0 bridgehead atoms. The van der Waals surface area contributed by atoms with Crippen molar-refractivity contribution in [2.24, 2.45) is 11.8 Å². The molecule has 3 nitrogen and oxygen atoms in total. The van der Waals surface area contributed by atoms with Crippen LogP contribution in [0.25, 0.3) is 0 Å². The fraction of sp³-hybridized carbons (Fsp3) is 1.00. The van der Waals surface area contributed by atoms with E-state index < -0.39 is 8.53 Å². The summed E-state index contributed by atoms with van der Waals surface area (Å²) in [6, 6.07) is 0.595. The first-order valence-corrected chi connectivity index (χ1v) is 7.79. The van der Waals surface area contributed by atoms with Crippen molar-refractivity contribution in [1.29, 1.82) is 0 Å². The van der Waals surface area contributed by atoms with Gasteiger partial charge in [-0.1, -0.05) is 27.7 Å². The normalized spacial score (nSPS) is 15.0. The summed E-state index contributed by atoms with van der Waals surface area (Å²) in [5.74, 6) is 0.849. The van der Waals surface area contributed by atoms with Crippen molar-refractivity contribution < 1.29 is 9.42 Å². The molecule has 0 aliphatic heterocycles. The first-order valence-electron chi connectivity index (χ1n) is 6.62. The van der Waals surface area contributed by atoms with Gasteiger partial charge in [-0.2, -0.15) is 0 Å². The van der Waals surface area contributed by atoms with Crippen LogP contribution in [0.1, 0.15) is 55.4 Å². The summed E-state index contributed by atoms with van der Waals surface area (Å²) in [6.07, 6.45) is 0.117. The Labute approximate surface area is 109 Å². The summed E-state index contributed by atoms with van der Waals surface area (Å²) in [6.45, 7) is 16.9. The van der Waals surface area contributed by atoms with Crippen molar-refractivity contribution >= 4 is 8.53 Å². The Kier molecular flexibility index (Phi) is 7.82. The van der Waals surface area contributed by atoms with E-state index in [1.807, 2.05) is 4.67 Å². The summed E-state index contributed by atoms with van der Waals surface area (Å²) in [7, 11) is -1.49. The van der Waals surface area contributed by atoms with Gasteiger partial charge in [0.1, 0.15) is 0 Å². The minimum atomic E-state index is -1.49. The Morgan fingerprint density at radius 1 is 0.824 bits per heavy atom. The zero-order chi connectivity index (χ0) is 13.7. The highest BCUT2D eigenvalue weighted by atomic mass is 31.2. The van der Waals surface area contributed by atoms with Crippen molar-refractivity contribution in [2.45, 2.75) is 73.6 Å². The lowest BCUT2D eigenvalue weighted by molar-refractivity contribution is 0.0846. The van der Waals surface area contributed by atoms with Gasteiger partial charge in [-0.15, -0.1) is 0 Å². The van der Waals surface area contributed by atoms with Crippen LogP contribution in [0.2, 0.25) is 0 Å². The maximum absolute atomic E-state index is 10.3. The van der Waals surface area contributed by atoms with Gasteiger partial charge >= 0.3 is 0 Å².